The van der Waals surface area contributed by atoms with Gasteiger partial charge < -0.3 is 9.47 Å². The number of para-hydroxylation sites is 1. The van der Waals surface area contributed by atoms with Gasteiger partial charge in [-0.1, -0.05) is 24.3 Å². The predicted octanol–water partition coefficient (Wildman–Crippen LogP) is 4.55. The lowest BCUT2D eigenvalue weighted by atomic mass is 10.1. The Labute approximate surface area is 170 Å². The highest BCUT2D eigenvalue weighted by Crippen LogP contribution is 2.20. The van der Waals surface area contributed by atoms with Crippen molar-refractivity contribution in [2.45, 2.75) is 20.4 Å². The van der Waals surface area contributed by atoms with E-state index in [4.69, 9.17) is 0 Å². The van der Waals surface area contributed by atoms with Crippen LogP contribution < -0.4 is 0 Å². The first-order chi connectivity index (χ1) is 14.0. The highest BCUT2D eigenvalue weighted by molar-refractivity contribution is 5.94. The van der Waals surface area contributed by atoms with E-state index in [0.717, 1.165) is 28.3 Å². The minimum Gasteiger partial charge on any atom is -0.337 e. The van der Waals surface area contributed by atoms with E-state index in [0.29, 0.717) is 12.1 Å². The molecule has 1 amide bonds. The van der Waals surface area contributed by atoms with Gasteiger partial charge in [-0.15, -0.1) is 0 Å². The van der Waals surface area contributed by atoms with Crippen molar-refractivity contribution in [3.05, 3.63) is 102 Å². The molecule has 0 aliphatic rings. The molecule has 2 aromatic heterocycles. The van der Waals surface area contributed by atoms with E-state index >= 15 is 0 Å². The van der Waals surface area contributed by atoms with Crippen LogP contribution in [0.2, 0.25) is 0 Å². The zero-order valence-electron chi connectivity index (χ0n) is 16.9. The monoisotopic (exact) mass is 384 g/mol. The maximum atomic E-state index is 13.1. The molecule has 0 aliphatic heterocycles. The standard InChI is InChI=1S/C24H24N4O/c1-18-23(19(2)28(25-18)21-11-5-4-6-12-21)17-26(3)24(29)20-10-9-13-22(16-20)27-14-7-8-15-27/h4-16H,17H2,1-3H3. The van der Waals surface area contributed by atoms with Crippen molar-refractivity contribution in [3.63, 3.8) is 0 Å². The van der Waals surface area contributed by atoms with Crippen molar-refractivity contribution >= 4 is 5.91 Å². The third-order valence-electron chi connectivity index (χ3n) is 5.18. The third-order valence-corrected chi connectivity index (χ3v) is 5.18. The van der Waals surface area contributed by atoms with Crippen LogP contribution in [-0.2, 0) is 6.54 Å². The van der Waals surface area contributed by atoms with Crippen molar-refractivity contribution < 1.29 is 4.79 Å². The summed E-state index contributed by atoms with van der Waals surface area (Å²) < 4.78 is 3.94. The summed E-state index contributed by atoms with van der Waals surface area (Å²) in [5, 5.41) is 4.69. The van der Waals surface area contributed by atoms with Crippen LogP contribution in [0.25, 0.3) is 11.4 Å². The number of amides is 1. The zero-order chi connectivity index (χ0) is 20.4. The van der Waals surface area contributed by atoms with Crippen LogP contribution in [0.1, 0.15) is 27.3 Å². The molecule has 4 aromatic rings. The second-order valence-electron chi connectivity index (χ2n) is 7.20. The molecule has 29 heavy (non-hydrogen) atoms. The Bertz CT molecular complexity index is 1130. The lowest BCUT2D eigenvalue weighted by Crippen LogP contribution is -2.26. The van der Waals surface area contributed by atoms with E-state index in [-0.39, 0.29) is 5.91 Å². The normalized spacial score (nSPS) is 10.9. The average molecular weight is 384 g/mol. The molecule has 0 radical (unpaired) electrons. The van der Waals surface area contributed by atoms with Gasteiger partial charge in [-0.05, 0) is 56.3 Å². The summed E-state index contributed by atoms with van der Waals surface area (Å²) in [6.07, 6.45) is 3.94. The van der Waals surface area contributed by atoms with Gasteiger partial charge >= 0.3 is 0 Å². The van der Waals surface area contributed by atoms with Crippen LogP contribution in [0.15, 0.2) is 79.1 Å². The summed E-state index contributed by atoms with van der Waals surface area (Å²) in [6, 6.07) is 21.7. The highest BCUT2D eigenvalue weighted by Gasteiger charge is 2.18. The van der Waals surface area contributed by atoms with Gasteiger partial charge in [-0.25, -0.2) is 4.68 Å². The summed E-state index contributed by atoms with van der Waals surface area (Å²) in [6.45, 7) is 4.55. The first-order valence-electron chi connectivity index (χ1n) is 9.64. The molecular formula is C24H24N4O. The largest absolute Gasteiger partial charge is 0.337 e. The summed E-state index contributed by atoms with van der Waals surface area (Å²) in [5.41, 5.74) is 5.73. The molecule has 0 aliphatic carbocycles. The molecule has 146 valence electrons. The first kappa shape index (κ1) is 18.7. The van der Waals surface area contributed by atoms with E-state index in [1.54, 1.807) is 4.90 Å². The van der Waals surface area contributed by atoms with Crippen LogP contribution in [0.5, 0.6) is 0 Å². The molecule has 0 saturated carbocycles. The van der Waals surface area contributed by atoms with Crippen LogP contribution >= 0.6 is 0 Å². The fraction of sp³-hybridized carbons (Fsp3) is 0.167. The molecule has 0 fully saturated rings. The summed E-state index contributed by atoms with van der Waals surface area (Å²) in [5.74, 6) is -0.00901. The van der Waals surface area contributed by atoms with Gasteiger partial charge in [-0.3, -0.25) is 4.79 Å². The number of carbonyl (C=O) groups is 1. The van der Waals surface area contributed by atoms with E-state index in [9.17, 15) is 4.79 Å². The third kappa shape index (κ3) is 3.72. The molecular weight excluding hydrogens is 360 g/mol. The maximum Gasteiger partial charge on any atom is 0.253 e. The molecule has 0 bridgehead atoms. The Morgan fingerprint density at radius 1 is 0.931 bits per heavy atom. The van der Waals surface area contributed by atoms with E-state index < -0.39 is 0 Å². The minimum atomic E-state index is -0.00901. The topological polar surface area (TPSA) is 43.1 Å². The molecule has 0 atom stereocenters. The number of rotatable bonds is 5. The van der Waals surface area contributed by atoms with Gasteiger partial charge in [-0.2, -0.15) is 5.10 Å². The summed E-state index contributed by atoms with van der Waals surface area (Å²) in [4.78, 5) is 14.8. The Kier molecular flexibility index (Phi) is 5.04. The molecule has 0 N–H and O–H groups in total. The number of hydrogen-bond donors (Lipinski definition) is 0. The van der Waals surface area contributed by atoms with Crippen molar-refractivity contribution in [1.82, 2.24) is 19.2 Å². The van der Waals surface area contributed by atoms with E-state index in [2.05, 4.69) is 5.10 Å². The average Bonchev–Trinajstić information content (AvgIpc) is 3.38. The van der Waals surface area contributed by atoms with Crippen LogP contribution in [0.4, 0.5) is 0 Å². The van der Waals surface area contributed by atoms with Crippen LogP contribution in [0, 0.1) is 13.8 Å². The second kappa shape index (κ2) is 7.80. The summed E-state index contributed by atoms with van der Waals surface area (Å²) in [7, 11) is 1.84. The number of aromatic nitrogens is 3. The van der Waals surface area contributed by atoms with Crippen molar-refractivity contribution in [2.75, 3.05) is 7.05 Å². The first-order valence-corrected chi connectivity index (χ1v) is 9.64. The van der Waals surface area contributed by atoms with Gasteiger partial charge in [0.15, 0.2) is 0 Å². The SMILES string of the molecule is Cc1nn(-c2ccccc2)c(C)c1CN(C)C(=O)c1cccc(-n2cccc2)c1. The van der Waals surface area contributed by atoms with Crippen molar-refractivity contribution in [1.29, 1.82) is 0 Å². The molecule has 0 unspecified atom stereocenters. The molecule has 0 spiro atoms. The minimum absolute atomic E-state index is 0.00901. The maximum absolute atomic E-state index is 13.1. The van der Waals surface area contributed by atoms with Crippen molar-refractivity contribution in [2.24, 2.45) is 0 Å². The Morgan fingerprint density at radius 3 is 2.34 bits per heavy atom. The molecule has 2 aromatic carbocycles. The molecule has 5 nitrogen and oxygen atoms in total. The Balaban J connectivity index is 1.57. The lowest BCUT2D eigenvalue weighted by Gasteiger charge is -2.18. The van der Waals surface area contributed by atoms with E-state index in [1.165, 1.54) is 0 Å². The predicted molar refractivity (Wildman–Crippen MR) is 115 cm³/mol. The Hall–Kier alpha value is -3.60. The molecule has 4 rings (SSSR count). The molecule has 5 heteroatoms. The van der Waals surface area contributed by atoms with E-state index in [1.807, 2.05) is 109 Å². The van der Waals surface area contributed by atoms with Gasteiger partial charge in [0.2, 0.25) is 0 Å². The number of hydrogen-bond acceptors (Lipinski definition) is 2. The van der Waals surface area contributed by atoms with Crippen LogP contribution in [-0.4, -0.2) is 32.2 Å². The number of benzene rings is 2. The zero-order valence-corrected chi connectivity index (χ0v) is 16.9. The van der Waals surface area contributed by atoms with Crippen LogP contribution in [0.3, 0.4) is 0 Å². The lowest BCUT2D eigenvalue weighted by molar-refractivity contribution is 0.0784. The van der Waals surface area contributed by atoms with Gasteiger partial charge in [0.05, 0.1) is 11.4 Å². The van der Waals surface area contributed by atoms with Gasteiger partial charge in [0, 0.05) is 48.5 Å². The number of aryl methyl sites for hydroxylation is 1. The number of carbonyl (C=O) groups excluding carboxylic acids is 1. The molecule has 2 heterocycles. The van der Waals surface area contributed by atoms with Gasteiger partial charge in [0.25, 0.3) is 5.91 Å². The molecule has 0 saturated heterocycles. The fourth-order valence-corrected chi connectivity index (χ4v) is 3.56. The van der Waals surface area contributed by atoms with Crippen molar-refractivity contribution in [3.8, 4) is 11.4 Å². The smallest absolute Gasteiger partial charge is 0.253 e. The van der Waals surface area contributed by atoms with Gasteiger partial charge in [0.1, 0.15) is 0 Å². The number of nitrogens with zero attached hydrogens (tertiary/aromatic N) is 4. The Morgan fingerprint density at radius 2 is 1.62 bits per heavy atom. The second-order valence-corrected chi connectivity index (χ2v) is 7.20. The highest BCUT2D eigenvalue weighted by atomic mass is 16.2. The fourth-order valence-electron chi connectivity index (χ4n) is 3.56. The quantitative estimate of drug-likeness (QED) is 0.507. The summed E-state index contributed by atoms with van der Waals surface area (Å²) >= 11 is 0.